The van der Waals surface area contributed by atoms with Gasteiger partial charge in [-0.3, -0.25) is 0 Å². The lowest BCUT2D eigenvalue weighted by atomic mass is 10.1. The summed E-state index contributed by atoms with van der Waals surface area (Å²) in [5, 5.41) is 14.8. The number of ether oxygens (including phenoxy) is 1. The zero-order chi connectivity index (χ0) is 14.3. The van der Waals surface area contributed by atoms with E-state index in [0.717, 1.165) is 11.3 Å². The van der Waals surface area contributed by atoms with Crippen molar-refractivity contribution in [1.29, 1.82) is 0 Å². The molecule has 0 atom stereocenters. The Labute approximate surface area is 114 Å². The fraction of sp³-hybridized carbons (Fsp3) is 0.500. The van der Waals surface area contributed by atoms with Crippen LogP contribution < -0.4 is 15.4 Å². The van der Waals surface area contributed by atoms with Gasteiger partial charge in [-0.2, -0.15) is 0 Å². The summed E-state index contributed by atoms with van der Waals surface area (Å²) in [7, 11) is 1.63. The lowest BCUT2D eigenvalue weighted by molar-refractivity contribution is 0.0819. The SMILES string of the molecule is COc1ccccc1CCNC(=O)NCC(C)(C)O. The fourth-order valence-electron chi connectivity index (χ4n) is 1.58. The third-order valence-corrected chi connectivity index (χ3v) is 2.55. The summed E-state index contributed by atoms with van der Waals surface area (Å²) in [5.41, 5.74) is 0.146. The van der Waals surface area contributed by atoms with Gasteiger partial charge in [0.05, 0.1) is 12.7 Å². The van der Waals surface area contributed by atoms with Crippen molar-refractivity contribution < 1.29 is 14.6 Å². The molecule has 0 aliphatic rings. The minimum absolute atomic E-state index is 0.216. The number of amides is 2. The standard InChI is InChI=1S/C14H22N2O3/c1-14(2,18)10-16-13(17)15-9-8-11-6-4-5-7-12(11)19-3/h4-7,18H,8-10H2,1-3H3,(H2,15,16,17). The molecule has 3 N–H and O–H groups in total. The molecule has 0 saturated carbocycles. The number of hydrogen-bond acceptors (Lipinski definition) is 3. The van der Waals surface area contributed by atoms with Gasteiger partial charge in [-0.25, -0.2) is 4.79 Å². The first-order valence-electron chi connectivity index (χ1n) is 6.28. The second-order valence-electron chi connectivity index (χ2n) is 4.98. The van der Waals surface area contributed by atoms with Gasteiger partial charge in [-0.15, -0.1) is 0 Å². The van der Waals surface area contributed by atoms with E-state index in [1.54, 1.807) is 21.0 Å². The average molecular weight is 266 g/mol. The van der Waals surface area contributed by atoms with E-state index in [0.29, 0.717) is 13.0 Å². The number of rotatable bonds is 6. The number of aliphatic hydroxyl groups is 1. The predicted octanol–water partition coefficient (Wildman–Crippen LogP) is 1.31. The Morgan fingerprint density at radius 2 is 2.00 bits per heavy atom. The first kappa shape index (κ1) is 15.3. The predicted molar refractivity (Wildman–Crippen MR) is 74.4 cm³/mol. The highest BCUT2D eigenvalue weighted by Gasteiger charge is 2.13. The zero-order valence-electron chi connectivity index (χ0n) is 11.7. The molecule has 1 aromatic rings. The number of para-hydroxylation sites is 1. The van der Waals surface area contributed by atoms with Gasteiger partial charge in [-0.05, 0) is 31.9 Å². The molecule has 0 spiro atoms. The summed E-state index contributed by atoms with van der Waals surface area (Å²) in [5.74, 6) is 0.821. The first-order valence-corrected chi connectivity index (χ1v) is 6.28. The molecule has 5 heteroatoms. The molecule has 1 aromatic carbocycles. The van der Waals surface area contributed by atoms with Crippen molar-refractivity contribution in [2.75, 3.05) is 20.2 Å². The number of nitrogens with one attached hydrogen (secondary N) is 2. The molecule has 0 unspecified atom stereocenters. The molecule has 19 heavy (non-hydrogen) atoms. The maximum Gasteiger partial charge on any atom is 0.314 e. The van der Waals surface area contributed by atoms with Crippen LogP contribution >= 0.6 is 0 Å². The number of urea groups is 1. The highest BCUT2D eigenvalue weighted by molar-refractivity contribution is 5.73. The quantitative estimate of drug-likeness (QED) is 0.727. The summed E-state index contributed by atoms with van der Waals surface area (Å²) in [4.78, 5) is 11.5. The Balaban J connectivity index is 2.32. The maximum absolute atomic E-state index is 11.5. The lowest BCUT2D eigenvalue weighted by Crippen LogP contribution is -2.43. The van der Waals surface area contributed by atoms with Crippen LogP contribution in [0.2, 0.25) is 0 Å². The van der Waals surface area contributed by atoms with Crippen molar-refractivity contribution in [3.05, 3.63) is 29.8 Å². The van der Waals surface area contributed by atoms with Crippen molar-refractivity contribution >= 4 is 6.03 Å². The van der Waals surface area contributed by atoms with Crippen molar-refractivity contribution in [3.63, 3.8) is 0 Å². The third-order valence-electron chi connectivity index (χ3n) is 2.55. The second kappa shape index (κ2) is 6.99. The molecule has 5 nitrogen and oxygen atoms in total. The van der Waals surface area contributed by atoms with E-state index in [4.69, 9.17) is 4.74 Å². The largest absolute Gasteiger partial charge is 0.496 e. The molecule has 0 heterocycles. The fourth-order valence-corrected chi connectivity index (χ4v) is 1.58. The van der Waals surface area contributed by atoms with Crippen LogP contribution in [-0.2, 0) is 6.42 Å². The smallest absolute Gasteiger partial charge is 0.314 e. The van der Waals surface area contributed by atoms with Gasteiger partial charge < -0.3 is 20.5 Å². The van der Waals surface area contributed by atoms with Gasteiger partial charge in [-0.1, -0.05) is 18.2 Å². The van der Waals surface area contributed by atoms with Gasteiger partial charge >= 0.3 is 6.03 Å². The van der Waals surface area contributed by atoms with Crippen molar-refractivity contribution in [2.24, 2.45) is 0 Å². The number of carbonyl (C=O) groups excluding carboxylic acids is 1. The van der Waals surface area contributed by atoms with Crippen molar-refractivity contribution in [3.8, 4) is 5.75 Å². The average Bonchev–Trinajstić information content (AvgIpc) is 2.36. The van der Waals surface area contributed by atoms with Crippen LogP contribution in [0.5, 0.6) is 5.75 Å². The summed E-state index contributed by atoms with van der Waals surface area (Å²) >= 11 is 0. The Morgan fingerprint density at radius 1 is 1.32 bits per heavy atom. The number of methoxy groups -OCH3 is 1. The van der Waals surface area contributed by atoms with E-state index < -0.39 is 5.60 Å². The van der Waals surface area contributed by atoms with E-state index in [9.17, 15) is 9.90 Å². The van der Waals surface area contributed by atoms with E-state index in [1.165, 1.54) is 0 Å². The molecule has 0 aliphatic heterocycles. The molecular formula is C14H22N2O3. The van der Waals surface area contributed by atoms with Crippen LogP contribution in [0.3, 0.4) is 0 Å². The van der Waals surface area contributed by atoms with E-state index in [1.807, 2.05) is 24.3 Å². The molecule has 106 valence electrons. The molecule has 1 rings (SSSR count). The highest BCUT2D eigenvalue weighted by Crippen LogP contribution is 2.17. The number of benzene rings is 1. The van der Waals surface area contributed by atoms with Crippen LogP contribution in [0, 0.1) is 0 Å². The molecule has 2 amide bonds. The molecule has 0 fully saturated rings. The molecule has 0 saturated heterocycles. The van der Waals surface area contributed by atoms with Crippen molar-refractivity contribution in [2.45, 2.75) is 25.9 Å². The van der Waals surface area contributed by atoms with Gasteiger partial charge in [0.25, 0.3) is 0 Å². The Kier molecular flexibility index (Phi) is 5.63. The van der Waals surface area contributed by atoms with Gasteiger partial charge in [0.2, 0.25) is 0 Å². The van der Waals surface area contributed by atoms with Crippen LogP contribution in [0.4, 0.5) is 4.79 Å². The summed E-state index contributed by atoms with van der Waals surface area (Å²) < 4.78 is 5.23. The van der Waals surface area contributed by atoms with E-state index in [2.05, 4.69) is 10.6 Å². The molecule has 0 aliphatic carbocycles. The van der Waals surface area contributed by atoms with Crippen LogP contribution in [0.15, 0.2) is 24.3 Å². The van der Waals surface area contributed by atoms with Crippen LogP contribution in [-0.4, -0.2) is 36.9 Å². The van der Waals surface area contributed by atoms with E-state index in [-0.39, 0.29) is 12.6 Å². The second-order valence-corrected chi connectivity index (χ2v) is 4.98. The number of carbonyl (C=O) groups is 1. The molecule has 0 bridgehead atoms. The first-order chi connectivity index (χ1) is 8.92. The van der Waals surface area contributed by atoms with Gasteiger partial charge in [0.15, 0.2) is 0 Å². The Morgan fingerprint density at radius 3 is 2.63 bits per heavy atom. The highest BCUT2D eigenvalue weighted by atomic mass is 16.5. The molecule has 0 radical (unpaired) electrons. The zero-order valence-corrected chi connectivity index (χ0v) is 11.7. The maximum atomic E-state index is 11.5. The minimum atomic E-state index is -0.903. The van der Waals surface area contributed by atoms with E-state index >= 15 is 0 Å². The Hall–Kier alpha value is -1.75. The van der Waals surface area contributed by atoms with Crippen molar-refractivity contribution in [1.82, 2.24) is 10.6 Å². The lowest BCUT2D eigenvalue weighted by Gasteiger charge is -2.18. The Bertz CT molecular complexity index is 413. The summed E-state index contributed by atoms with van der Waals surface area (Å²) in [6, 6.07) is 7.42. The third kappa shape index (κ3) is 6.10. The summed E-state index contributed by atoms with van der Waals surface area (Å²) in [6.45, 7) is 4.01. The summed E-state index contributed by atoms with van der Waals surface area (Å²) in [6.07, 6.45) is 0.694. The van der Waals surface area contributed by atoms with Crippen LogP contribution in [0.1, 0.15) is 19.4 Å². The van der Waals surface area contributed by atoms with Crippen LogP contribution in [0.25, 0.3) is 0 Å². The topological polar surface area (TPSA) is 70.6 Å². The normalized spacial score (nSPS) is 10.9. The van der Waals surface area contributed by atoms with Gasteiger partial charge in [0, 0.05) is 13.1 Å². The minimum Gasteiger partial charge on any atom is -0.496 e. The molecule has 0 aromatic heterocycles. The molecular weight excluding hydrogens is 244 g/mol. The number of hydrogen-bond donors (Lipinski definition) is 3. The monoisotopic (exact) mass is 266 g/mol. The van der Waals surface area contributed by atoms with Gasteiger partial charge in [0.1, 0.15) is 5.75 Å².